The zero-order valence-electron chi connectivity index (χ0n) is 22.6. The summed E-state index contributed by atoms with van der Waals surface area (Å²) in [6, 6.07) is 4.07. The van der Waals surface area contributed by atoms with Crippen LogP contribution in [0.25, 0.3) is 0 Å². The molecule has 0 radical (unpaired) electrons. The minimum Gasteiger partial charge on any atom is -0.333 e. The van der Waals surface area contributed by atoms with E-state index >= 15 is 0 Å². The summed E-state index contributed by atoms with van der Waals surface area (Å²) in [5.41, 5.74) is 2.28. The summed E-state index contributed by atoms with van der Waals surface area (Å²) in [7, 11) is 0. The third-order valence-electron chi connectivity index (χ3n) is 8.32. The number of piperazine rings is 1. The molecule has 3 unspecified atom stereocenters. The van der Waals surface area contributed by atoms with E-state index in [2.05, 4.69) is 72.4 Å². The van der Waals surface area contributed by atoms with Gasteiger partial charge >= 0.3 is 0 Å². The first-order chi connectivity index (χ1) is 17.9. The Kier molecular flexibility index (Phi) is 8.42. The molecule has 7 heteroatoms. The SMILES string of the molecule is C=NC/C=C1/CC2(C/C1=C/C/C=C/CN1C(=O)C(CC)(CCCC)NCC1C)C(=O)Nc1ncccc12. The van der Waals surface area contributed by atoms with Crippen molar-refractivity contribution in [2.24, 2.45) is 4.99 Å². The Hall–Kier alpha value is -3.06. The van der Waals surface area contributed by atoms with E-state index < -0.39 is 11.0 Å². The number of amides is 2. The van der Waals surface area contributed by atoms with E-state index in [-0.39, 0.29) is 17.9 Å². The average Bonchev–Trinajstić information content (AvgIpc) is 3.41. The van der Waals surface area contributed by atoms with E-state index in [1.807, 2.05) is 17.0 Å². The van der Waals surface area contributed by atoms with Crippen LogP contribution in [0, 0.1) is 0 Å². The van der Waals surface area contributed by atoms with Crippen LogP contribution < -0.4 is 10.6 Å². The molecule has 7 nitrogen and oxygen atoms in total. The van der Waals surface area contributed by atoms with E-state index in [0.29, 0.717) is 31.7 Å². The largest absolute Gasteiger partial charge is 0.333 e. The number of hydrogen-bond donors (Lipinski definition) is 2. The lowest BCUT2D eigenvalue weighted by atomic mass is 9.80. The number of hydrogen-bond acceptors (Lipinski definition) is 5. The van der Waals surface area contributed by atoms with Crippen LogP contribution in [0.4, 0.5) is 5.82 Å². The zero-order valence-corrected chi connectivity index (χ0v) is 22.6. The number of pyridine rings is 1. The molecule has 3 atom stereocenters. The molecular weight excluding hydrogens is 462 g/mol. The minimum absolute atomic E-state index is 0.0197. The van der Waals surface area contributed by atoms with Gasteiger partial charge in [0.15, 0.2) is 0 Å². The van der Waals surface area contributed by atoms with Crippen LogP contribution in [0.15, 0.2) is 58.8 Å². The van der Waals surface area contributed by atoms with Gasteiger partial charge in [0, 0.05) is 30.9 Å². The van der Waals surface area contributed by atoms with Crippen molar-refractivity contribution < 1.29 is 9.59 Å². The lowest BCUT2D eigenvalue weighted by Crippen LogP contribution is -2.67. The Balaban J connectivity index is 1.46. The van der Waals surface area contributed by atoms with Crippen LogP contribution in [0.5, 0.6) is 0 Å². The minimum atomic E-state index is -0.600. The molecule has 37 heavy (non-hydrogen) atoms. The second-order valence-electron chi connectivity index (χ2n) is 10.6. The van der Waals surface area contributed by atoms with Gasteiger partial charge in [-0.1, -0.05) is 57.1 Å². The summed E-state index contributed by atoms with van der Waals surface area (Å²) in [5, 5.41) is 6.54. The third-order valence-corrected chi connectivity index (χ3v) is 8.32. The fraction of sp³-hybridized carbons (Fsp3) is 0.533. The lowest BCUT2D eigenvalue weighted by molar-refractivity contribution is -0.144. The van der Waals surface area contributed by atoms with Crippen molar-refractivity contribution in [3.8, 4) is 0 Å². The van der Waals surface area contributed by atoms with Gasteiger partial charge < -0.3 is 15.5 Å². The summed E-state index contributed by atoms with van der Waals surface area (Å²) < 4.78 is 0. The van der Waals surface area contributed by atoms with Crippen molar-refractivity contribution >= 4 is 24.3 Å². The summed E-state index contributed by atoms with van der Waals surface area (Å²) in [6.45, 7) is 12.0. The van der Waals surface area contributed by atoms with Crippen LogP contribution >= 0.6 is 0 Å². The number of carbonyl (C=O) groups is 2. The number of nitrogens with zero attached hydrogens (tertiary/aromatic N) is 3. The topological polar surface area (TPSA) is 86.7 Å². The molecule has 1 saturated heterocycles. The molecule has 1 aromatic rings. The van der Waals surface area contributed by atoms with Gasteiger partial charge in [0.1, 0.15) is 5.82 Å². The number of aliphatic imine (C=N–C) groups is 1. The molecule has 0 bridgehead atoms. The molecule has 198 valence electrons. The predicted octanol–water partition coefficient (Wildman–Crippen LogP) is 4.72. The maximum atomic E-state index is 13.4. The number of carbonyl (C=O) groups excluding carboxylic acids is 2. The van der Waals surface area contributed by atoms with Crippen molar-refractivity contribution in [2.45, 2.75) is 82.7 Å². The molecule has 1 aliphatic carbocycles. The van der Waals surface area contributed by atoms with Gasteiger partial charge in [-0.25, -0.2) is 4.98 Å². The van der Waals surface area contributed by atoms with Crippen molar-refractivity contribution in [1.82, 2.24) is 15.2 Å². The second kappa shape index (κ2) is 11.5. The van der Waals surface area contributed by atoms with Gasteiger partial charge in [-0.3, -0.25) is 14.6 Å². The van der Waals surface area contributed by atoms with Gasteiger partial charge in [0.2, 0.25) is 11.8 Å². The number of unbranched alkanes of at least 4 members (excludes halogenated alkanes) is 1. The van der Waals surface area contributed by atoms with Crippen molar-refractivity contribution in [2.75, 3.05) is 25.0 Å². The Morgan fingerprint density at radius 3 is 2.73 bits per heavy atom. The normalized spacial score (nSPS) is 29.6. The van der Waals surface area contributed by atoms with E-state index in [9.17, 15) is 9.59 Å². The van der Waals surface area contributed by atoms with Crippen LogP contribution in [0.1, 0.15) is 71.3 Å². The highest BCUT2D eigenvalue weighted by Crippen LogP contribution is 2.52. The number of fused-ring (bicyclic) bond motifs is 2. The maximum absolute atomic E-state index is 13.4. The second-order valence-corrected chi connectivity index (χ2v) is 10.6. The number of aromatic nitrogens is 1. The molecule has 4 rings (SSSR count). The molecule has 1 aromatic heterocycles. The smallest absolute Gasteiger partial charge is 0.243 e. The van der Waals surface area contributed by atoms with E-state index in [4.69, 9.17) is 0 Å². The summed E-state index contributed by atoms with van der Waals surface area (Å²) in [5.74, 6) is 0.919. The first-order valence-electron chi connectivity index (χ1n) is 13.7. The molecule has 2 aliphatic heterocycles. The highest BCUT2D eigenvalue weighted by atomic mass is 16.2. The van der Waals surface area contributed by atoms with E-state index in [1.54, 1.807) is 6.20 Å². The van der Waals surface area contributed by atoms with Crippen molar-refractivity contribution in [3.05, 3.63) is 59.3 Å². The fourth-order valence-corrected chi connectivity index (χ4v) is 6.00. The Labute approximate surface area is 221 Å². The summed E-state index contributed by atoms with van der Waals surface area (Å²) in [4.78, 5) is 36.9. The van der Waals surface area contributed by atoms with E-state index in [1.165, 1.54) is 5.57 Å². The molecule has 2 amide bonds. The maximum Gasteiger partial charge on any atom is 0.243 e. The van der Waals surface area contributed by atoms with Crippen LogP contribution in [-0.4, -0.2) is 59.6 Å². The molecule has 1 spiro atoms. The van der Waals surface area contributed by atoms with Crippen LogP contribution in [0.2, 0.25) is 0 Å². The molecule has 2 fully saturated rings. The fourth-order valence-electron chi connectivity index (χ4n) is 6.00. The van der Waals surface area contributed by atoms with Gasteiger partial charge in [-0.2, -0.15) is 0 Å². The molecule has 2 N–H and O–H groups in total. The summed E-state index contributed by atoms with van der Waals surface area (Å²) in [6.07, 6.45) is 16.1. The average molecular weight is 504 g/mol. The molecule has 3 heterocycles. The van der Waals surface area contributed by atoms with Gasteiger partial charge in [0.05, 0.1) is 17.5 Å². The molecule has 1 saturated carbocycles. The standard InChI is InChI=1S/C30H41N5O2/c1-5-7-15-30(6-2)28(37)35(22(3)21-33-30)18-10-8-9-12-23-19-29(20-24(23)14-17-31-4)25-13-11-16-32-26(25)34-27(29)36/h8,10-14,16,22,33H,4-7,9,15,17-21H2,1-3H3,(H,32,34,36)/b10-8+,23-12-,24-14-. The van der Waals surface area contributed by atoms with E-state index in [0.717, 1.165) is 49.8 Å². The summed E-state index contributed by atoms with van der Waals surface area (Å²) >= 11 is 0. The molecule has 0 aromatic carbocycles. The zero-order chi connectivity index (χ0) is 26.5. The Morgan fingerprint density at radius 1 is 1.22 bits per heavy atom. The monoisotopic (exact) mass is 503 g/mol. The molecular formula is C30H41N5O2. The number of allylic oxidation sites excluding steroid dienone is 4. The first-order valence-corrected chi connectivity index (χ1v) is 13.7. The highest BCUT2D eigenvalue weighted by molar-refractivity contribution is 6.06. The van der Waals surface area contributed by atoms with Gasteiger partial charge in [-0.15, -0.1) is 0 Å². The number of rotatable bonds is 10. The highest BCUT2D eigenvalue weighted by Gasteiger charge is 2.52. The van der Waals surface area contributed by atoms with Crippen molar-refractivity contribution in [1.29, 1.82) is 0 Å². The Morgan fingerprint density at radius 2 is 2.00 bits per heavy atom. The number of nitrogens with one attached hydrogen (secondary N) is 2. The van der Waals surface area contributed by atoms with Crippen molar-refractivity contribution in [3.63, 3.8) is 0 Å². The predicted molar refractivity (Wildman–Crippen MR) is 150 cm³/mol. The van der Waals surface area contributed by atoms with Crippen LogP contribution in [-0.2, 0) is 15.0 Å². The first kappa shape index (κ1) is 27.0. The van der Waals surface area contributed by atoms with Crippen LogP contribution in [0.3, 0.4) is 0 Å². The number of anilines is 1. The third kappa shape index (κ3) is 5.19. The molecule has 3 aliphatic rings. The Bertz CT molecular complexity index is 1120. The lowest BCUT2D eigenvalue weighted by Gasteiger charge is -2.45. The van der Waals surface area contributed by atoms with Gasteiger partial charge in [0.25, 0.3) is 0 Å². The quantitative estimate of drug-likeness (QED) is 0.357. The van der Waals surface area contributed by atoms with Gasteiger partial charge in [-0.05, 0) is 63.0 Å².